The first kappa shape index (κ1) is 23.6. The highest BCUT2D eigenvalue weighted by Gasteiger charge is 2.38. The molecule has 0 saturated carbocycles. The molecule has 3 rings (SSSR count). The van der Waals surface area contributed by atoms with Gasteiger partial charge in [-0.2, -0.15) is 0 Å². The first-order valence-electron chi connectivity index (χ1n) is 11.1. The number of nitrogens with one attached hydrogen (secondary N) is 1. The van der Waals surface area contributed by atoms with E-state index in [2.05, 4.69) is 36.3 Å². The quantitative estimate of drug-likeness (QED) is 0.377. The molecule has 0 aromatic heterocycles. The van der Waals surface area contributed by atoms with Crippen molar-refractivity contribution in [3.8, 4) is 0 Å². The zero-order valence-corrected chi connectivity index (χ0v) is 20.4. The van der Waals surface area contributed by atoms with Gasteiger partial charge in [0, 0.05) is 19.3 Å². The molecule has 2 aromatic carbocycles. The third kappa shape index (κ3) is 5.80. The van der Waals surface area contributed by atoms with Crippen molar-refractivity contribution in [2.45, 2.75) is 57.2 Å². The molecule has 31 heavy (non-hydrogen) atoms. The molecule has 0 aliphatic carbocycles. The Labute approximate surface area is 194 Å². The second kappa shape index (κ2) is 11.0. The Morgan fingerprint density at radius 2 is 1.71 bits per heavy atom. The van der Waals surface area contributed by atoms with E-state index in [0.29, 0.717) is 15.9 Å². The number of hydrogen-bond acceptors (Lipinski definition) is 4. The van der Waals surface area contributed by atoms with Crippen molar-refractivity contribution in [2.24, 2.45) is 4.99 Å². The molecule has 2 aromatic rings. The number of anilines is 1. The highest BCUT2D eigenvalue weighted by molar-refractivity contribution is 8.00. The van der Waals surface area contributed by atoms with Crippen LogP contribution in [0.3, 0.4) is 0 Å². The Morgan fingerprint density at radius 1 is 1.03 bits per heavy atom. The van der Waals surface area contributed by atoms with Gasteiger partial charge in [-0.1, -0.05) is 93.4 Å². The molecule has 4 nitrogen and oxygen atoms in total. The van der Waals surface area contributed by atoms with Crippen LogP contribution in [-0.2, 0) is 22.1 Å². The lowest BCUT2D eigenvalue weighted by molar-refractivity contribution is 0.629. The fraction of sp³-hybridized carbons (Fsp3) is 0.440. The van der Waals surface area contributed by atoms with Crippen LogP contribution in [0.1, 0.15) is 57.1 Å². The highest BCUT2D eigenvalue weighted by atomic mass is 32.2. The molecule has 0 fully saturated rings. The second-order valence-electron chi connectivity index (χ2n) is 8.26. The van der Waals surface area contributed by atoms with Crippen LogP contribution in [-0.4, -0.2) is 28.0 Å². The molecule has 0 saturated heterocycles. The molecule has 0 bridgehead atoms. The summed E-state index contributed by atoms with van der Waals surface area (Å²) in [6.07, 6.45) is 6.28. The predicted octanol–water partition coefficient (Wildman–Crippen LogP) is 5.54. The van der Waals surface area contributed by atoms with Gasteiger partial charge < -0.3 is 10.2 Å². The van der Waals surface area contributed by atoms with Crippen LogP contribution in [0.2, 0.25) is 0 Å². The van der Waals surface area contributed by atoms with E-state index in [9.17, 15) is 4.21 Å². The topological polar surface area (TPSA) is 44.7 Å². The fourth-order valence-corrected chi connectivity index (χ4v) is 5.34. The largest absolute Gasteiger partial charge is 0.374 e. The number of para-hydroxylation sites is 1. The zero-order chi connectivity index (χ0) is 22.3. The van der Waals surface area contributed by atoms with Gasteiger partial charge in [-0.25, -0.2) is 4.99 Å². The van der Waals surface area contributed by atoms with E-state index in [-0.39, 0.29) is 0 Å². The number of amidine groups is 1. The lowest BCUT2D eigenvalue weighted by Gasteiger charge is -2.22. The predicted molar refractivity (Wildman–Crippen MR) is 137 cm³/mol. The zero-order valence-electron chi connectivity index (χ0n) is 18.8. The van der Waals surface area contributed by atoms with Gasteiger partial charge in [-0.15, -0.1) is 0 Å². The Morgan fingerprint density at radius 3 is 2.45 bits per heavy atom. The summed E-state index contributed by atoms with van der Waals surface area (Å²) < 4.78 is 13.2. The molecule has 0 spiro atoms. The summed E-state index contributed by atoms with van der Waals surface area (Å²) in [6, 6.07) is 18.2. The minimum absolute atomic E-state index is 0.412. The molecule has 1 aliphatic rings. The molecule has 2 unspecified atom stereocenters. The molecule has 1 aliphatic heterocycles. The van der Waals surface area contributed by atoms with Gasteiger partial charge in [0.25, 0.3) is 0 Å². The summed E-state index contributed by atoms with van der Waals surface area (Å²) in [5, 5.41) is 3.60. The SMILES string of the molecule is CCCCCCCN(C)c1ccccc1CS(=O)C1=NC(C)(c2ccccc2)C(=S)N1. The molecule has 6 heteroatoms. The standard InChI is InChI=1S/C25H33N3OS2/c1-4-5-6-7-13-18-28(3)22-17-12-11-14-20(22)19-31(29)24-26-23(30)25(2,27-24)21-15-9-8-10-16-21/h8-12,14-17H,4-7,13,18-19H2,1-3H3,(H,26,27,30). The van der Waals surface area contributed by atoms with Gasteiger partial charge in [0.05, 0.1) is 16.6 Å². The molecular weight excluding hydrogens is 422 g/mol. The van der Waals surface area contributed by atoms with E-state index < -0.39 is 16.3 Å². The summed E-state index contributed by atoms with van der Waals surface area (Å²) in [4.78, 5) is 7.65. The van der Waals surface area contributed by atoms with Gasteiger partial charge in [0.15, 0.2) is 5.17 Å². The van der Waals surface area contributed by atoms with E-state index in [0.717, 1.165) is 23.4 Å². The second-order valence-corrected chi connectivity index (χ2v) is 10.0. The Bertz CT molecular complexity index is 945. The van der Waals surface area contributed by atoms with Gasteiger partial charge >= 0.3 is 0 Å². The van der Waals surface area contributed by atoms with Crippen molar-refractivity contribution >= 4 is 38.9 Å². The number of benzene rings is 2. The third-order valence-electron chi connectivity index (χ3n) is 5.83. The van der Waals surface area contributed by atoms with Crippen LogP contribution in [0.25, 0.3) is 0 Å². The minimum Gasteiger partial charge on any atom is -0.374 e. The van der Waals surface area contributed by atoms with E-state index in [1.54, 1.807) is 0 Å². The number of hydrogen-bond donors (Lipinski definition) is 1. The number of unbranched alkanes of at least 4 members (excludes halogenated alkanes) is 4. The average molecular weight is 456 g/mol. The molecule has 0 amide bonds. The molecule has 0 radical (unpaired) electrons. The van der Waals surface area contributed by atoms with Gasteiger partial charge in [0.1, 0.15) is 10.5 Å². The van der Waals surface area contributed by atoms with Crippen LogP contribution < -0.4 is 10.2 Å². The number of thiocarbonyl (C=S) groups is 1. The van der Waals surface area contributed by atoms with Crippen LogP contribution in [0, 0.1) is 0 Å². The summed E-state index contributed by atoms with van der Waals surface area (Å²) >= 11 is 5.57. The summed E-state index contributed by atoms with van der Waals surface area (Å²) in [7, 11) is 0.820. The lowest BCUT2D eigenvalue weighted by atomic mass is 9.93. The highest BCUT2D eigenvalue weighted by Crippen LogP contribution is 2.31. The third-order valence-corrected chi connectivity index (χ3v) is 7.52. The molecule has 1 N–H and O–H groups in total. The van der Waals surface area contributed by atoms with Crippen LogP contribution in [0.4, 0.5) is 5.69 Å². The molecule has 166 valence electrons. The first-order valence-corrected chi connectivity index (χ1v) is 12.8. The maximum absolute atomic E-state index is 13.2. The molecule has 2 atom stereocenters. The normalized spacial score (nSPS) is 19.1. The van der Waals surface area contributed by atoms with Crippen molar-refractivity contribution in [1.29, 1.82) is 0 Å². The maximum Gasteiger partial charge on any atom is 0.194 e. The van der Waals surface area contributed by atoms with Crippen molar-refractivity contribution in [3.05, 3.63) is 65.7 Å². The number of aliphatic imine (C=N–C) groups is 1. The van der Waals surface area contributed by atoms with Crippen molar-refractivity contribution in [1.82, 2.24) is 5.32 Å². The van der Waals surface area contributed by atoms with Crippen molar-refractivity contribution < 1.29 is 4.21 Å². The van der Waals surface area contributed by atoms with Crippen molar-refractivity contribution in [2.75, 3.05) is 18.5 Å². The Kier molecular flexibility index (Phi) is 8.38. The molecule has 1 heterocycles. The van der Waals surface area contributed by atoms with Crippen molar-refractivity contribution in [3.63, 3.8) is 0 Å². The van der Waals surface area contributed by atoms with E-state index in [1.807, 2.05) is 49.4 Å². The number of rotatable bonds is 10. The van der Waals surface area contributed by atoms with Crippen LogP contribution >= 0.6 is 12.2 Å². The van der Waals surface area contributed by atoms with E-state index in [4.69, 9.17) is 17.2 Å². The van der Waals surface area contributed by atoms with Gasteiger partial charge in [-0.3, -0.25) is 4.21 Å². The van der Waals surface area contributed by atoms with E-state index >= 15 is 0 Å². The summed E-state index contributed by atoms with van der Waals surface area (Å²) in [6.45, 7) is 5.21. The summed E-state index contributed by atoms with van der Waals surface area (Å²) in [5.74, 6) is 0.412. The van der Waals surface area contributed by atoms with Gasteiger partial charge in [0.2, 0.25) is 0 Å². The summed E-state index contributed by atoms with van der Waals surface area (Å²) in [5.41, 5.74) is 2.54. The Balaban J connectivity index is 1.70. The smallest absolute Gasteiger partial charge is 0.194 e. The monoisotopic (exact) mass is 455 g/mol. The maximum atomic E-state index is 13.2. The fourth-order valence-electron chi connectivity index (χ4n) is 3.85. The Hall–Kier alpha value is -2.05. The van der Waals surface area contributed by atoms with Gasteiger partial charge in [-0.05, 0) is 30.5 Å². The number of nitrogens with zero attached hydrogens (tertiary/aromatic N) is 2. The first-order chi connectivity index (χ1) is 15.0. The minimum atomic E-state index is -1.30. The van der Waals surface area contributed by atoms with Crippen LogP contribution in [0.15, 0.2) is 59.6 Å². The lowest BCUT2D eigenvalue weighted by Crippen LogP contribution is -2.34. The molecular formula is C25H33N3OS2. The average Bonchev–Trinajstić information content (AvgIpc) is 3.10. The van der Waals surface area contributed by atoms with E-state index in [1.165, 1.54) is 32.1 Å². The van der Waals surface area contributed by atoms with Crippen LogP contribution in [0.5, 0.6) is 0 Å².